The summed E-state index contributed by atoms with van der Waals surface area (Å²) in [6, 6.07) is 0.351. The van der Waals surface area contributed by atoms with Crippen LogP contribution in [0.1, 0.15) is 43.7 Å². The summed E-state index contributed by atoms with van der Waals surface area (Å²) in [5.41, 5.74) is 1.19. The van der Waals surface area contributed by atoms with Crippen molar-refractivity contribution < 1.29 is 4.79 Å². The summed E-state index contributed by atoms with van der Waals surface area (Å²) in [5.74, 6) is 1.03. The number of aryl methyl sites for hydroxylation is 1. The quantitative estimate of drug-likeness (QED) is 0.919. The molecule has 0 radical (unpaired) electrons. The molecular formula is C16H26N4O. The van der Waals surface area contributed by atoms with E-state index in [4.69, 9.17) is 0 Å². The van der Waals surface area contributed by atoms with E-state index < -0.39 is 0 Å². The van der Waals surface area contributed by atoms with E-state index in [2.05, 4.69) is 23.5 Å². The number of aromatic nitrogens is 2. The predicted molar refractivity (Wildman–Crippen MR) is 82.0 cm³/mol. The van der Waals surface area contributed by atoms with Gasteiger partial charge < -0.3 is 10.2 Å². The number of piperidine rings is 1. The van der Waals surface area contributed by atoms with Gasteiger partial charge in [0.25, 0.3) is 0 Å². The van der Waals surface area contributed by atoms with Crippen LogP contribution in [0, 0.1) is 12.8 Å². The summed E-state index contributed by atoms with van der Waals surface area (Å²) < 4.78 is 2.04. The molecule has 0 spiro atoms. The van der Waals surface area contributed by atoms with Crippen LogP contribution in [0.25, 0.3) is 0 Å². The number of carbonyl (C=O) groups excluding carboxylic acids is 1. The van der Waals surface area contributed by atoms with Gasteiger partial charge in [-0.15, -0.1) is 0 Å². The van der Waals surface area contributed by atoms with E-state index in [1.807, 2.05) is 15.8 Å². The first-order valence-electron chi connectivity index (χ1n) is 8.21. The summed E-state index contributed by atoms with van der Waals surface area (Å²) in [4.78, 5) is 14.5. The normalized spacial score (nSPS) is 26.2. The zero-order valence-electron chi connectivity index (χ0n) is 12.9. The fraction of sp³-hybridized carbons (Fsp3) is 0.750. The van der Waals surface area contributed by atoms with Gasteiger partial charge in [-0.1, -0.05) is 0 Å². The summed E-state index contributed by atoms with van der Waals surface area (Å²) >= 11 is 0. The topological polar surface area (TPSA) is 50.2 Å². The Bertz CT molecular complexity index is 478. The minimum atomic E-state index is 0.329. The van der Waals surface area contributed by atoms with Crippen LogP contribution in [0.3, 0.4) is 0 Å². The van der Waals surface area contributed by atoms with Crippen molar-refractivity contribution in [3.8, 4) is 0 Å². The number of amides is 1. The van der Waals surface area contributed by atoms with E-state index in [9.17, 15) is 4.79 Å². The molecule has 5 heteroatoms. The molecular weight excluding hydrogens is 264 g/mol. The Morgan fingerprint density at radius 3 is 3.10 bits per heavy atom. The second kappa shape index (κ2) is 6.60. The van der Waals surface area contributed by atoms with Crippen LogP contribution < -0.4 is 5.32 Å². The third-order valence-electron chi connectivity index (χ3n) is 4.78. The van der Waals surface area contributed by atoms with Gasteiger partial charge in [-0.05, 0) is 57.2 Å². The summed E-state index contributed by atoms with van der Waals surface area (Å²) in [5, 5.41) is 7.78. The SMILES string of the molecule is Cc1cnn(C2CCCN(C(=O)CCC3CCNC3)C2)c1. The molecule has 2 aliphatic rings. The van der Waals surface area contributed by atoms with E-state index in [0.29, 0.717) is 24.3 Å². The number of nitrogens with zero attached hydrogens (tertiary/aromatic N) is 3. The molecule has 21 heavy (non-hydrogen) atoms. The van der Waals surface area contributed by atoms with Crippen molar-refractivity contribution in [1.29, 1.82) is 0 Å². The van der Waals surface area contributed by atoms with Gasteiger partial charge in [0.1, 0.15) is 0 Å². The van der Waals surface area contributed by atoms with Crippen LogP contribution in [-0.2, 0) is 4.79 Å². The zero-order valence-corrected chi connectivity index (χ0v) is 12.9. The highest BCUT2D eigenvalue weighted by atomic mass is 16.2. The standard InChI is InChI=1S/C16H26N4O/c1-13-9-18-20(11-13)15-3-2-8-19(12-15)16(21)5-4-14-6-7-17-10-14/h9,11,14-15,17H,2-8,10,12H2,1H3. The van der Waals surface area contributed by atoms with Crippen LogP contribution in [0.2, 0.25) is 0 Å². The Balaban J connectivity index is 1.51. The van der Waals surface area contributed by atoms with Crippen molar-refractivity contribution >= 4 is 5.91 Å². The van der Waals surface area contributed by atoms with Crippen molar-refractivity contribution in [2.75, 3.05) is 26.2 Å². The fourth-order valence-electron chi connectivity index (χ4n) is 3.48. The lowest BCUT2D eigenvalue weighted by Crippen LogP contribution is -2.40. The Hall–Kier alpha value is -1.36. The molecule has 0 aliphatic carbocycles. The Morgan fingerprint density at radius 1 is 1.48 bits per heavy atom. The van der Waals surface area contributed by atoms with Crippen molar-refractivity contribution in [2.45, 2.75) is 45.1 Å². The molecule has 0 aromatic carbocycles. The maximum Gasteiger partial charge on any atom is 0.222 e. The Kier molecular flexibility index (Phi) is 4.58. The minimum Gasteiger partial charge on any atom is -0.341 e. The molecule has 1 amide bonds. The molecule has 0 saturated carbocycles. The molecule has 0 bridgehead atoms. The maximum atomic E-state index is 12.4. The van der Waals surface area contributed by atoms with Crippen molar-refractivity contribution in [2.24, 2.45) is 5.92 Å². The first-order chi connectivity index (χ1) is 10.2. The van der Waals surface area contributed by atoms with Gasteiger partial charge in [0.15, 0.2) is 0 Å². The second-order valence-corrected chi connectivity index (χ2v) is 6.53. The maximum absolute atomic E-state index is 12.4. The smallest absolute Gasteiger partial charge is 0.222 e. The molecule has 116 valence electrons. The number of nitrogens with one attached hydrogen (secondary N) is 1. The zero-order chi connectivity index (χ0) is 14.7. The van der Waals surface area contributed by atoms with Gasteiger partial charge in [-0.25, -0.2) is 0 Å². The predicted octanol–water partition coefficient (Wildman–Crippen LogP) is 1.74. The lowest BCUT2D eigenvalue weighted by Gasteiger charge is -2.33. The highest BCUT2D eigenvalue weighted by Gasteiger charge is 2.25. The molecule has 3 rings (SSSR count). The first-order valence-corrected chi connectivity index (χ1v) is 8.21. The van der Waals surface area contributed by atoms with E-state index in [-0.39, 0.29) is 0 Å². The molecule has 2 fully saturated rings. The molecule has 3 heterocycles. The number of carbonyl (C=O) groups is 1. The van der Waals surface area contributed by atoms with Crippen molar-refractivity contribution in [3.05, 3.63) is 18.0 Å². The number of rotatable bonds is 4. The van der Waals surface area contributed by atoms with E-state index in [1.165, 1.54) is 12.0 Å². The highest BCUT2D eigenvalue weighted by molar-refractivity contribution is 5.76. The van der Waals surface area contributed by atoms with Crippen LogP contribution >= 0.6 is 0 Å². The molecule has 1 N–H and O–H groups in total. The van der Waals surface area contributed by atoms with Gasteiger partial charge in [-0.3, -0.25) is 9.48 Å². The van der Waals surface area contributed by atoms with Crippen molar-refractivity contribution in [3.63, 3.8) is 0 Å². The number of hydrogen-bond donors (Lipinski definition) is 1. The van der Waals surface area contributed by atoms with Crippen LogP contribution in [-0.4, -0.2) is 46.8 Å². The van der Waals surface area contributed by atoms with Gasteiger partial charge >= 0.3 is 0 Å². The van der Waals surface area contributed by atoms with Crippen LogP contribution in [0.15, 0.2) is 12.4 Å². The summed E-state index contributed by atoms with van der Waals surface area (Å²) in [7, 11) is 0. The molecule has 2 saturated heterocycles. The van der Waals surface area contributed by atoms with Gasteiger partial charge in [0, 0.05) is 25.7 Å². The third kappa shape index (κ3) is 3.64. The Morgan fingerprint density at radius 2 is 2.38 bits per heavy atom. The average Bonchev–Trinajstić information content (AvgIpc) is 3.16. The van der Waals surface area contributed by atoms with E-state index in [1.54, 1.807) is 0 Å². The molecule has 2 unspecified atom stereocenters. The summed E-state index contributed by atoms with van der Waals surface area (Å²) in [6.07, 6.45) is 9.15. The summed E-state index contributed by atoms with van der Waals surface area (Å²) in [6.45, 7) is 6.00. The van der Waals surface area contributed by atoms with Gasteiger partial charge in [-0.2, -0.15) is 5.10 Å². The first kappa shape index (κ1) is 14.6. The third-order valence-corrected chi connectivity index (χ3v) is 4.78. The highest BCUT2D eigenvalue weighted by Crippen LogP contribution is 2.23. The molecule has 5 nitrogen and oxygen atoms in total. The van der Waals surface area contributed by atoms with Gasteiger partial charge in [0.05, 0.1) is 12.2 Å². The van der Waals surface area contributed by atoms with E-state index >= 15 is 0 Å². The number of hydrogen-bond acceptors (Lipinski definition) is 3. The van der Waals surface area contributed by atoms with Crippen molar-refractivity contribution in [1.82, 2.24) is 20.0 Å². The van der Waals surface area contributed by atoms with Crippen LogP contribution in [0.4, 0.5) is 0 Å². The lowest BCUT2D eigenvalue weighted by atomic mass is 10.0. The number of likely N-dealkylation sites (tertiary alicyclic amines) is 1. The molecule has 2 aliphatic heterocycles. The molecule has 1 aromatic rings. The van der Waals surface area contributed by atoms with Crippen LogP contribution in [0.5, 0.6) is 0 Å². The molecule has 2 atom stereocenters. The average molecular weight is 290 g/mol. The fourth-order valence-corrected chi connectivity index (χ4v) is 3.48. The van der Waals surface area contributed by atoms with Gasteiger partial charge in [0.2, 0.25) is 5.91 Å². The Labute approximate surface area is 126 Å². The minimum absolute atomic E-state index is 0.329. The largest absolute Gasteiger partial charge is 0.341 e. The lowest BCUT2D eigenvalue weighted by molar-refractivity contribution is -0.133. The molecule has 1 aromatic heterocycles. The second-order valence-electron chi connectivity index (χ2n) is 6.53. The monoisotopic (exact) mass is 290 g/mol. The van der Waals surface area contributed by atoms with E-state index in [0.717, 1.165) is 45.4 Å².